The summed E-state index contributed by atoms with van der Waals surface area (Å²) in [6, 6.07) is 13.5. The fraction of sp³-hybridized carbons (Fsp3) is 0.333. The van der Waals surface area contributed by atoms with E-state index in [0.717, 1.165) is 42.5 Å². The Labute approximate surface area is 170 Å². The molecule has 0 aliphatic rings. The molecule has 8 nitrogen and oxygen atoms in total. The van der Waals surface area contributed by atoms with E-state index in [1.807, 2.05) is 60.0 Å². The van der Waals surface area contributed by atoms with Gasteiger partial charge in [-0.1, -0.05) is 18.2 Å². The number of hydrogen-bond donors (Lipinski definition) is 3. The number of carbonyl (C=O) groups is 1. The third kappa shape index (κ3) is 5.54. The predicted octanol–water partition coefficient (Wildman–Crippen LogP) is 1.43. The Morgan fingerprint density at radius 3 is 2.83 bits per heavy atom. The molecule has 0 unspecified atom stereocenters. The van der Waals surface area contributed by atoms with Crippen molar-refractivity contribution in [3.63, 3.8) is 0 Å². The Kier molecular flexibility index (Phi) is 7.16. The number of hydrogen-bond acceptors (Lipinski definition) is 4. The van der Waals surface area contributed by atoms with Gasteiger partial charge < -0.3 is 16.0 Å². The number of pyridine rings is 1. The zero-order valence-electron chi connectivity index (χ0n) is 16.9. The summed E-state index contributed by atoms with van der Waals surface area (Å²) < 4.78 is 1.98. The predicted molar refractivity (Wildman–Crippen MR) is 114 cm³/mol. The first-order chi connectivity index (χ1) is 14.2. The first-order valence-electron chi connectivity index (χ1n) is 9.83. The highest BCUT2D eigenvalue weighted by molar-refractivity contribution is 5.94. The van der Waals surface area contributed by atoms with Crippen LogP contribution in [0.4, 0.5) is 0 Å². The average molecular weight is 393 g/mol. The summed E-state index contributed by atoms with van der Waals surface area (Å²) in [4.78, 5) is 16.4. The Bertz CT molecular complexity index is 980. The van der Waals surface area contributed by atoms with Gasteiger partial charge in [0.1, 0.15) is 5.82 Å². The average Bonchev–Trinajstić information content (AvgIpc) is 3.16. The molecule has 0 radical (unpaired) electrons. The standard InChI is InChI=1S/C21H27N7O/c1-3-23-21(24-12-10-16-7-6-8-17(15-16)20(29)22-2)25-13-11-19-27-26-18-9-4-5-14-28(18)19/h4-9,14-15H,3,10-13H2,1-2H3,(H,22,29)(H2,23,24,25). The van der Waals surface area contributed by atoms with Gasteiger partial charge in [-0.05, 0) is 43.2 Å². The van der Waals surface area contributed by atoms with Crippen LogP contribution in [-0.2, 0) is 12.8 Å². The van der Waals surface area contributed by atoms with Crippen molar-refractivity contribution < 1.29 is 4.79 Å². The second-order valence-corrected chi connectivity index (χ2v) is 6.51. The summed E-state index contributed by atoms with van der Waals surface area (Å²) in [5, 5.41) is 17.7. The molecule has 0 aliphatic heterocycles. The molecule has 3 aromatic rings. The Morgan fingerprint density at radius 2 is 2.00 bits per heavy atom. The number of aliphatic imine (C=N–C) groups is 1. The van der Waals surface area contributed by atoms with Gasteiger partial charge in [0.2, 0.25) is 0 Å². The third-order valence-electron chi connectivity index (χ3n) is 4.46. The maximum Gasteiger partial charge on any atom is 0.251 e. The maximum absolute atomic E-state index is 11.8. The molecule has 0 fully saturated rings. The highest BCUT2D eigenvalue weighted by atomic mass is 16.1. The van der Waals surface area contributed by atoms with Crippen LogP contribution in [0.1, 0.15) is 28.7 Å². The van der Waals surface area contributed by atoms with Gasteiger partial charge in [0.05, 0.1) is 0 Å². The maximum atomic E-state index is 11.8. The topological polar surface area (TPSA) is 95.7 Å². The van der Waals surface area contributed by atoms with Crippen molar-refractivity contribution in [1.82, 2.24) is 30.5 Å². The SMILES string of the molecule is CCNC(=NCCc1nnc2ccccn12)NCCc1cccc(C(=O)NC)c1. The van der Waals surface area contributed by atoms with Crippen molar-refractivity contribution in [1.29, 1.82) is 0 Å². The van der Waals surface area contributed by atoms with Gasteiger partial charge in [-0.25, -0.2) is 0 Å². The van der Waals surface area contributed by atoms with Gasteiger partial charge >= 0.3 is 0 Å². The fourth-order valence-corrected chi connectivity index (χ4v) is 3.01. The van der Waals surface area contributed by atoms with Gasteiger partial charge in [-0.2, -0.15) is 0 Å². The minimum absolute atomic E-state index is 0.0734. The van der Waals surface area contributed by atoms with Crippen LogP contribution < -0.4 is 16.0 Å². The van der Waals surface area contributed by atoms with E-state index in [9.17, 15) is 4.79 Å². The number of nitrogens with zero attached hydrogens (tertiary/aromatic N) is 4. The number of fused-ring (bicyclic) bond motifs is 1. The van der Waals surface area contributed by atoms with Gasteiger partial charge in [-0.3, -0.25) is 14.2 Å². The molecule has 0 saturated heterocycles. The van der Waals surface area contributed by atoms with Crippen LogP contribution in [0, 0.1) is 0 Å². The van der Waals surface area contributed by atoms with Crippen LogP contribution in [0.3, 0.4) is 0 Å². The first-order valence-corrected chi connectivity index (χ1v) is 9.83. The van der Waals surface area contributed by atoms with Crippen LogP contribution >= 0.6 is 0 Å². The molecule has 0 atom stereocenters. The summed E-state index contributed by atoms with van der Waals surface area (Å²) >= 11 is 0. The molecule has 29 heavy (non-hydrogen) atoms. The highest BCUT2D eigenvalue weighted by Crippen LogP contribution is 2.06. The molecule has 1 amide bonds. The van der Waals surface area contributed by atoms with Crippen LogP contribution in [0.15, 0.2) is 53.7 Å². The van der Waals surface area contributed by atoms with E-state index in [2.05, 4.69) is 31.1 Å². The van der Waals surface area contributed by atoms with E-state index in [4.69, 9.17) is 0 Å². The number of nitrogens with one attached hydrogen (secondary N) is 3. The summed E-state index contributed by atoms with van der Waals surface area (Å²) in [5.74, 6) is 1.59. The normalized spacial score (nSPS) is 11.4. The Balaban J connectivity index is 1.53. The van der Waals surface area contributed by atoms with Gasteiger partial charge in [0.15, 0.2) is 11.6 Å². The van der Waals surface area contributed by atoms with Gasteiger partial charge in [0, 0.05) is 44.9 Å². The van der Waals surface area contributed by atoms with E-state index in [0.29, 0.717) is 18.5 Å². The van der Waals surface area contributed by atoms with E-state index >= 15 is 0 Å². The highest BCUT2D eigenvalue weighted by Gasteiger charge is 2.06. The second kappa shape index (κ2) is 10.2. The molecule has 0 spiro atoms. The molecular formula is C21H27N7O. The number of aromatic nitrogens is 3. The molecule has 0 aliphatic carbocycles. The van der Waals surface area contributed by atoms with Crippen molar-refractivity contribution in [3.05, 3.63) is 65.6 Å². The van der Waals surface area contributed by atoms with Gasteiger partial charge in [0.25, 0.3) is 5.91 Å². The largest absolute Gasteiger partial charge is 0.357 e. The zero-order chi connectivity index (χ0) is 20.5. The summed E-state index contributed by atoms with van der Waals surface area (Å²) in [5.41, 5.74) is 2.62. The molecule has 2 aromatic heterocycles. The minimum Gasteiger partial charge on any atom is -0.357 e. The van der Waals surface area contributed by atoms with Crippen LogP contribution in [0.5, 0.6) is 0 Å². The molecule has 0 bridgehead atoms. The molecule has 0 saturated carbocycles. The second-order valence-electron chi connectivity index (χ2n) is 6.51. The molecule has 3 rings (SSSR count). The van der Waals surface area contributed by atoms with Crippen molar-refractivity contribution in [2.75, 3.05) is 26.7 Å². The van der Waals surface area contributed by atoms with E-state index in [1.54, 1.807) is 7.05 Å². The summed E-state index contributed by atoms with van der Waals surface area (Å²) in [6.45, 7) is 4.15. The van der Waals surface area contributed by atoms with Crippen LogP contribution in [0.2, 0.25) is 0 Å². The zero-order valence-corrected chi connectivity index (χ0v) is 16.9. The number of amides is 1. The van der Waals surface area contributed by atoms with Crippen LogP contribution in [-0.4, -0.2) is 53.1 Å². The summed E-state index contributed by atoms with van der Waals surface area (Å²) in [7, 11) is 1.64. The van der Waals surface area contributed by atoms with Crippen molar-refractivity contribution in [2.45, 2.75) is 19.8 Å². The lowest BCUT2D eigenvalue weighted by Gasteiger charge is -2.11. The van der Waals surface area contributed by atoms with Crippen molar-refractivity contribution in [3.8, 4) is 0 Å². The number of benzene rings is 1. The van der Waals surface area contributed by atoms with Gasteiger partial charge in [-0.15, -0.1) is 10.2 Å². The monoisotopic (exact) mass is 393 g/mol. The third-order valence-corrected chi connectivity index (χ3v) is 4.46. The lowest BCUT2D eigenvalue weighted by atomic mass is 10.1. The molecular weight excluding hydrogens is 366 g/mol. The molecule has 3 N–H and O–H groups in total. The van der Waals surface area contributed by atoms with E-state index < -0.39 is 0 Å². The van der Waals surface area contributed by atoms with Crippen molar-refractivity contribution >= 4 is 17.5 Å². The van der Waals surface area contributed by atoms with Crippen LogP contribution in [0.25, 0.3) is 5.65 Å². The number of guanidine groups is 1. The van der Waals surface area contributed by atoms with E-state index in [-0.39, 0.29) is 5.91 Å². The van der Waals surface area contributed by atoms with Crippen molar-refractivity contribution in [2.24, 2.45) is 4.99 Å². The first kappa shape index (κ1) is 20.3. The fourth-order valence-electron chi connectivity index (χ4n) is 3.01. The quantitative estimate of drug-likeness (QED) is 0.397. The lowest BCUT2D eigenvalue weighted by Crippen LogP contribution is -2.38. The minimum atomic E-state index is -0.0734. The number of carbonyl (C=O) groups excluding carboxylic acids is 1. The molecule has 1 aromatic carbocycles. The summed E-state index contributed by atoms with van der Waals surface area (Å²) in [6.07, 6.45) is 3.46. The Hall–Kier alpha value is -3.42. The number of rotatable bonds is 8. The molecule has 152 valence electrons. The smallest absolute Gasteiger partial charge is 0.251 e. The lowest BCUT2D eigenvalue weighted by molar-refractivity contribution is 0.0963. The van der Waals surface area contributed by atoms with E-state index in [1.165, 1.54) is 0 Å². The Morgan fingerprint density at radius 1 is 1.10 bits per heavy atom. The molecule has 2 heterocycles. The molecule has 8 heteroatoms.